The van der Waals surface area contributed by atoms with E-state index in [1.807, 2.05) is 29.2 Å². The van der Waals surface area contributed by atoms with Crippen LogP contribution in [0.4, 0.5) is 5.95 Å². The van der Waals surface area contributed by atoms with Crippen LogP contribution in [0, 0.1) is 0 Å². The molecule has 7 nitrogen and oxygen atoms in total. The Hall–Kier alpha value is -3.09. The Bertz CT molecular complexity index is 847. The van der Waals surface area contributed by atoms with E-state index in [9.17, 15) is 4.79 Å². The Balaban J connectivity index is 1.44. The molecule has 2 aliphatic heterocycles. The van der Waals surface area contributed by atoms with Crippen LogP contribution in [0.2, 0.25) is 0 Å². The first-order valence-corrected chi connectivity index (χ1v) is 9.11. The molecule has 1 saturated heterocycles. The van der Waals surface area contributed by atoms with Crippen molar-refractivity contribution in [2.45, 2.75) is 12.8 Å². The molecule has 4 rings (SSSR count). The molecule has 2 aromatic rings. The van der Waals surface area contributed by atoms with Crippen LogP contribution in [0.3, 0.4) is 0 Å². The molecule has 1 fully saturated rings. The van der Waals surface area contributed by atoms with Gasteiger partial charge in [-0.2, -0.15) is 0 Å². The second kappa shape index (κ2) is 7.65. The molecule has 0 bridgehead atoms. The molecular formula is C20H22N4O3. The lowest BCUT2D eigenvalue weighted by Gasteiger charge is -2.34. The summed E-state index contributed by atoms with van der Waals surface area (Å²) in [6.45, 7) is 6.75. The molecule has 0 aliphatic carbocycles. The lowest BCUT2D eigenvalue weighted by Crippen LogP contribution is -2.49. The molecule has 27 heavy (non-hydrogen) atoms. The highest BCUT2D eigenvalue weighted by Crippen LogP contribution is 2.35. The van der Waals surface area contributed by atoms with Crippen LogP contribution < -0.4 is 14.4 Å². The second-order valence-corrected chi connectivity index (χ2v) is 6.51. The number of nitrogens with zero attached hydrogens (tertiary/aromatic N) is 4. The zero-order valence-electron chi connectivity index (χ0n) is 15.1. The summed E-state index contributed by atoms with van der Waals surface area (Å²) in [7, 11) is 0. The van der Waals surface area contributed by atoms with Crippen LogP contribution in [-0.4, -0.2) is 53.7 Å². The molecule has 0 unspecified atom stereocenters. The predicted octanol–water partition coefficient (Wildman–Crippen LogP) is 2.49. The highest BCUT2D eigenvalue weighted by Gasteiger charge is 2.22. The van der Waals surface area contributed by atoms with E-state index in [1.165, 1.54) is 0 Å². The third-order valence-electron chi connectivity index (χ3n) is 4.79. The average molecular weight is 366 g/mol. The number of piperazine rings is 1. The van der Waals surface area contributed by atoms with Gasteiger partial charge >= 0.3 is 0 Å². The van der Waals surface area contributed by atoms with E-state index < -0.39 is 0 Å². The van der Waals surface area contributed by atoms with Crippen LogP contribution in [0.1, 0.15) is 12.8 Å². The summed E-state index contributed by atoms with van der Waals surface area (Å²) < 4.78 is 10.8. The summed E-state index contributed by atoms with van der Waals surface area (Å²) in [5, 5.41) is 0. The number of carbonyl (C=O) groups is 1. The van der Waals surface area contributed by atoms with Crippen molar-refractivity contribution in [2.24, 2.45) is 0 Å². The summed E-state index contributed by atoms with van der Waals surface area (Å²) in [4.78, 5) is 25.3. The Morgan fingerprint density at radius 3 is 2.78 bits per heavy atom. The van der Waals surface area contributed by atoms with Crippen molar-refractivity contribution in [2.75, 3.05) is 37.9 Å². The average Bonchev–Trinajstić information content (AvgIpc) is 3.20. The van der Waals surface area contributed by atoms with Crippen LogP contribution in [0.15, 0.2) is 43.1 Å². The van der Waals surface area contributed by atoms with Crippen molar-refractivity contribution in [3.63, 3.8) is 0 Å². The summed E-state index contributed by atoms with van der Waals surface area (Å²) in [6.07, 6.45) is 4.80. The minimum atomic E-state index is 0.185. The maximum atomic E-state index is 12.1. The van der Waals surface area contributed by atoms with Crippen molar-refractivity contribution >= 4 is 11.9 Å². The molecule has 0 saturated carbocycles. The number of carbonyl (C=O) groups excluding carboxylic acids is 1. The summed E-state index contributed by atoms with van der Waals surface area (Å²) >= 11 is 0. The number of allylic oxidation sites excluding steroid dienone is 1. The number of fused-ring (bicyclic) bond motifs is 1. The Labute approximate surface area is 158 Å². The molecule has 140 valence electrons. The molecule has 0 N–H and O–H groups in total. The second-order valence-electron chi connectivity index (χ2n) is 6.51. The van der Waals surface area contributed by atoms with Gasteiger partial charge in [0, 0.05) is 44.4 Å². The predicted molar refractivity (Wildman–Crippen MR) is 102 cm³/mol. The van der Waals surface area contributed by atoms with E-state index >= 15 is 0 Å². The van der Waals surface area contributed by atoms with E-state index in [0.717, 1.165) is 42.3 Å². The lowest BCUT2D eigenvalue weighted by atomic mass is 10.1. The topological polar surface area (TPSA) is 67.8 Å². The number of hydrogen-bond donors (Lipinski definition) is 0. The van der Waals surface area contributed by atoms with Crippen LogP contribution >= 0.6 is 0 Å². The molecule has 1 aromatic heterocycles. The molecule has 2 aliphatic rings. The standard InChI is InChI=1S/C20H22N4O3/c1-2-3-4-19(25)23-9-11-24(12-10-23)20-21-8-7-16(22-20)15-5-6-17-18(13-15)27-14-26-17/h2,5-8,13H,1,3-4,9-12,14H2. The fourth-order valence-electron chi connectivity index (χ4n) is 3.26. The van der Waals surface area contributed by atoms with Gasteiger partial charge in [-0.3, -0.25) is 4.79 Å². The highest BCUT2D eigenvalue weighted by molar-refractivity contribution is 5.76. The maximum Gasteiger partial charge on any atom is 0.231 e. The van der Waals surface area contributed by atoms with Crippen LogP contribution in [0.5, 0.6) is 11.5 Å². The third kappa shape index (κ3) is 3.72. The van der Waals surface area contributed by atoms with Gasteiger partial charge in [-0.1, -0.05) is 6.08 Å². The van der Waals surface area contributed by atoms with E-state index in [-0.39, 0.29) is 12.7 Å². The molecule has 1 aromatic carbocycles. The van der Waals surface area contributed by atoms with Gasteiger partial charge in [0.1, 0.15) is 0 Å². The summed E-state index contributed by atoms with van der Waals surface area (Å²) in [5.41, 5.74) is 1.80. The van der Waals surface area contributed by atoms with Crippen LogP contribution in [-0.2, 0) is 4.79 Å². The van der Waals surface area contributed by atoms with E-state index in [1.54, 1.807) is 12.3 Å². The van der Waals surface area contributed by atoms with Gasteiger partial charge in [0.25, 0.3) is 0 Å². The normalized spacial score (nSPS) is 15.7. The van der Waals surface area contributed by atoms with E-state index in [0.29, 0.717) is 25.5 Å². The van der Waals surface area contributed by atoms with Crippen molar-refractivity contribution in [3.8, 4) is 22.8 Å². The molecule has 0 spiro atoms. The third-order valence-corrected chi connectivity index (χ3v) is 4.79. The van der Waals surface area contributed by atoms with Crippen molar-refractivity contribution in [3.05, 3.63) is 43.1 Å². The fraction of sp³-hybridized carbons (Fsp3) is 0.350. The van der Waals surface area contributed by atoms with Gasteiger partial charge in [-0.15, -0.1) is 6.58 Å². The number of rotatable bonds is 5. The van der Waals surface area contributed by atoms with Gasteiger partial charge in [0.05, 0.1) is 5.69 Å². The van der Waals surface area contributed by atoms with Gasteiger partial charge in [-0.05, 0) is 30.7 Å². The first-order valence-electron chi connectivity index (χ1n) is 9.11. The molecule has 1 amide bonds. The largest absolute Gasteiger partial charge is 0.454 e. The van der Waals surface area contributed by atoms with E-state index in [2.05, 4.69) is 16.5 Å². The molecule has 0 atom stereocenters. The number of ether oxygens (including phenoxy) is 2. The summed E-state index contributed by atoms with van der Waals surface area (Å²) in [6, 6.07) is 7.68. The Morgan fingerprint density at radius 1 is 1.15 bits per heavy atom. The molecule has 3 heterocycles. The Kier molecular flexibility index (Phi) is 4.91. The Morgan fingerprint density at radius 2 is 1.96 bits per heavy atom. The zero-order chi connectivity index (χ0) is 18.6. The van der Waals surface area contributed by atoms with Crippen LogP contribution in [0.25, 0.3) is 11.3 Å². The maximum absolute atomic E-state index is 12.1. The smallest absolute Gasteiger partial charge is 0.231 e. The fourth-order valence-corrected chi connectivity index (χ4v) is 3.26. The molecular weight excluding hydrogens is 344 g/mol. The first kappa shape index (κ1) is 17.3. The number of benzene rings is 1. The van der Waals surface area contributed by atoms with Gasteiger partial charge in [0.2, 0.25) is 18.6 Å². The number of anilines is 1. The zero-order valence-corrected chi connectivity index (χ0v) is 15.1. The summed E-state index contributed by atoms with van der Waals surface area (Å²) in [5.74, 6) is 2.36. The minimum Gasteiger partial charge on any atom is -0.454 e. The quantitative estimate of drug-likeness (QED) is 0.758. The van der Waals surface area contributed by atoms with Gasteiger partial charge in [0.15, 0.2) is 11.5 Å². The van der Waals surface area contributed by atoms with Crippen molar-refractivity contribution in [1.29, 1.82) is 0 Å². The number of aromatic nitrogens is 2. The van der Waals surface area contributed by atoms with Crippen molar-refractivity contribution in [1.82, 2.24) is 14.9 Å². The van der Waals surface area contributed by atoms with Gasteiger partial charge < -0.3 is 19.3 Å². The first-order chi connectivity index (χ1) is 13.2. The lowest BCUT2D eigenvalue weighted by molar-refractivity contribution is -0.131. The SMILES string of the molecule is C=CCCC(=O)N1CCN(c2nccc(-c3ccc4c(c3)OCO4)n2)CC1. The minimum absolute atomic E-state index is 0.185. The molecule has 0 radical (unpaired) electrons. The number of amides is 1. The number of hydrogen-bond acceptors (Lipinski definition) is 6. The molecule has 7 heteroatoms. The van der Waals surface area contributed by atoms with E-state index in [4.69, 9.17) is 14.5 Å². The highest BCUT2D eigenvalue weighted by atomic mass is 16.7. The van der Waals surface area contributed by atoms with Crippen molar-refractivity contribution < 1.29 is 14.3 Å². The van der Waals surface area contributed by atoms with Gasteiger partial charge in [-0.25, -0.2) is 9.97 Å². The monoisotopic (exact) mass is 366 g/mol.